The van der Waals surface area contributed by atoms with Crippen LogP contribution in [0.5, 0.6) is 0 Å². The van der Waals surface area contributed by atoms with Crippen LogP contribution in [0.3, 0.4) is 0 Å². The van der Waals surface area contributed by atoms with E-state index in [1.807, 2.05) is 27.7 Å². The number of amides is 1. The predicted molar refractivity (Wildman–Crippen MR) is 87.7 cm³/mol. The molecule has 0 radical (unpaired) electrons. The third kappa shape index (κ3) is 4.71. The van der Waals surface area contributed by atoms with E-state index in [9.17, 15) is 9.59 Å². The fourth-order valence-electron chi connectivity index (χ4n) is 1.91. The van der Waals surface area contributed by atoms with Crippen LogP contribution in [0.1, 0.15) is 48.0 Å². The lowest BCUT2D eigenvalue weighted by molar-refractivity contribution is 0.229. The molecule has 1 rings (SSSR count). The summed E-state index contributed by atoms with van der Waals surface area (Å²) in [6.45, 7) is 11.5. The Balaban J connectivity index is 3.21. The minimum absolute atomic E-state index is 0.220. The van der Waals surface area contributed by atoms with Crippen LogP contribution in [-0.2, 0) is 0 Å². The molecule has 8 heteroatoms. The summed E-state index contributed by atoms with van der Waals surface area (Å²) >= 11 is 0. The zero-order valence-corrected chi connectivity index (χ0v) is 14.4. The van der Waals surface area contributed by atoms with E-state index in [1.165, 1.54) is 0 Å². The summed E-state index contributed by atoms with van der Waals surface area (Å²) in [7, 11) is 1.62. The molecule has 0 saturated carbocycles. The lowest BCUT2D eigenvalue weighted by atomic mass is 10.1. The van der Waals surface area contributed by atoms with Gasteiger partial charge in [0.15, 0.2) is 0 Å². The number of nitrogens with zero attached hydrogens (tertiary/aromatic N) is 4. The van der Waals surface area contributed by atoms with Gasteiger partial charge in [-0.2, -0.15) is 5.10 Å². The molecule has 0 aromatic carbocycles. The maximum absolute atomic E-state index is 12.4. The molecule has 0 aliphatic carbocycles. The van der Waals surface area contributed by atoms with Gasteiger partial charge in [-0.3, -0.25) is 0 Å². The van der Waals surface area contributed by atoms with Crippen LogP contribution in [-0.4, -0.2) is 38.8 Å². The molecule has 1 aromatic heterocycles. The van der Waals surface area contributed by atoms with Crippen LogP contribution >= 0.6 is 0 Å². The molecule has 1 aromatic rings. The highest BCUT2D eigenvalue weighted by Gasteiger charge is 2.21. The summed E-state index contributed by atoms with van der Waals surface area (Å²) in [5.74, 6) is 0.647. The summed E-state index contributed by atoms with van der Waals surface area (Å²) in [5, 5.41) is 13.7. The normalized spacial score (nSPS) is 12.6. The number of rotatable bonds is 4. The second-order valence-corrected chi connectivity index (χ2v) is 6.69. The molecule has 0 bridgehead atoms. The number of nitrogens with one attached hydrogen (secondary N) is 2. The molecular formula is C14H26N6O2. The van der Waals surface area contributed by atoms with Crippen LogP contribution in [0.2, 0.25) is 0 Å². The molecule has 0 aliphatic heterocycles. The molecule has 0 saturated heterocycles. The number of carbonyl (C=O) groups excluding carboxylic acids is 1. The van der Waals surface area contributed by atoms with Gasteiger partial charge in [-0.25, -0.2) is 9.59 Å². The average molecular weight is 310 g/mol. The maximum Gasteiger partial charge on any atom is 0.377 e. The average Bonchev–Trinajstić information content (AvgIpc) is 2.63. The Morgan fingerprint density at radius 3 is 2.41 bits per heavy atom. The second-order valence-electron chi connectivity index (χ2n) is 6.69. The fraction of sp³-hybridized carbons (Fsp3) is 0.714. The Morgan fingerprint density at radius 1 is 1.36 bits per heavy atom. The van der Waals surface area contributed by atoms with Gasteiger partial charge in [-0.15, -0.1) is 14.5 Å². The molecule has 0 aliphatic rings. The van der Waals surface area contributed by atoms with Gasteiger partial charge in [0, 0.05) is 18.3 Å². The lowest BCUT2D eigenvalue weighted by Crippen LogP contribution is -2.46. The van der Waals surface area contributed by atoms with E-state index < -0.39 is 17.3 Å². The first kappa shape index (κ1) is 17.9. The minimum Gasteiger partial charge on any atom is -0.356 e. The van der Waals surface area contributed by atoms with Gasteiger partial charge in [0.2, 0.25) is 5.95 Å². The van der Waals surface area contributed by atoms with Crippen molar-refractivity contribution in [3.63, 3.8) is 0 Å². The molecule has 22 heavy (non-hydrogen) atoms. The SMILES string of the molecule is CNc1nn(C(=O)NC(C)(C)C)c(=O)n1N=C(C)CC(C)C. The quantitative estimate of drug-likeness (QED) is 0.828. The fourth-order valence-corrected chi connectivity index (χ4v) is 1.91. The molecule has 0 atom stereocenters. The highest BCUT2D eigenvalue weighted by atomic mass is 16.2. The first-order valence-electron chi connectivity index (χ1n) is 7.32. The van der Waals surface area contributed by atoms with Crippen molar-refractivity contribution in [3.05, 3.63) is 10.5 Å². The van der Waals surface area contributed by atoms with E-state index in [0.29, 0.717) is 5.92 Å². The predicted octanol–water partition coefficient (Wildman–Crippen LogP) is 1.71. The molecule has 0 fully saturated rings. The smallest absolute Gasteiger partial charge is 0.356 e. The van der Waals surface area contributed by atoms with E-state index >= 15 is 0 Å². The highest BCUT2D eigenvalue weighted by molar-refractivity contribution is 5.82. The van der Waals surface area contributed by atoms with Crippen molar-refractivity contribution < 1.29 is 4.79 Å². The first-order chi connectivity index (χ1) is 10.0. The van der Waals surface area contributed by atoms with Crippen molar-refractivity contribution in [1.29, 1.82) is 0 Å². The number of hydrogen-bond acceptors (Lipinski definition) is 5. The monoisotopic (exact) mass is 310 g/mol. The first-order valence-corrected chi connectivity index (χ1v) is 7.32. The zero-order chi connectivity index (χ0) is 17.1. The van der Waals surface area contributed by atoms with Crippen molar-refractivity contribution in [1.82, 2.24) is 19.8 Å². The minimum atomic E-state index is -0.603. The number of aromatic nitrogens is 3. The van der Waals surface area contributed by atoms with E-state index in [4.69, 9.17) is 0 Å². The van der Waals surface area contributed by atoms with Crippen molar-refractivity contribution in [2.24, 2.45) is 11.0 Å². The molecule has 0 spiro atoms. The Kier molecular flexibility index (Phi) is 5.51. The summed E-state index contributed by atoms with van der Waals surface area (Å²) in [6.07, 6.45) is 0.759. The topological polar surface area (TPSA) is 93.3 Å². The van der Waals surface area contributed by atoms with E-state index in [1.54, 1.807) is 7.05 Å². The standard InChI is InChI=1S/C14H26N6O2/c1-9(2)8-10(3)17-19-11(15-7)18-20(13(19)22)12(21)16-14(4,5)6/h9H,8H2,1-7H3,(H,15,18)(H,16,21). The third-order valence-electron chi connectivity index (χ3n) is 2.63. The van der Waals surface area contributed by atoms with Gasteiger partial charge in [-0.1, -0.05) is 13.8 Å². The van der Waals surface area contributed by atoms with Gasteiger partial charge in [0.1, 0.15) is 0 Å². The summed E-state index contributed by atoms with van der Waals surface area (Å²) < 4.78 is 1.89. The van der Waals surface area contributed by atoms with Gasteiger partial charge < -0.3 is 10.6 Å². The lowest BCUT2D eigenvalue weighted by Gasteiger charge is -2.19. The van der Waals surface area contributed by atoms with Crippen molar-refractivity contribution >= 4 is 17.7 Å². The summed E-state index contributed by atoms with van der Waals surface area (Å²) in [4.78, 5) is 24.5. The van der Waals surface area contributed by atoms with Crippen LogP contribution in [0.4, 0.5) is 10.7 Å². The van der Waals surface area contributed by atoms with Crippen LogP contribution in [0.25, 0.3) is 0 Å². The summed E-state index contributed by atoms with van der Waals surface area (Å²) in [5.41, 5.74) is -0.268. The largest absolute Gasteiger partial charge is 0.377 e. The number of carbonyl (C=O) groups is 1. The Labute approximate surface area is 130 Å². The zero-order valence-electron chi connectivity index (χ0n) is 14.4. The molecule has 8 nitrogen and oxygen atoms in total. The van der Waals surface area contributed by atoms with Crippen molar-refractivity contribution in [2.45, 2.75) is 53.5 Å². The Hall–Kier alpha value is -2.12. The second kappa shape index (κ2) is 6.76. The molecule has 0 unspecified atom stereocenters. The molecule has 124 valence electrons. The van der Waals surface area contributed by atoms with E-state index in [-0.39, 0.29) is 5.95 Å². The van der Waals surface area contributed by atoms with Crippen molar-refractivity contribution in [3.8, 4) is 0 Å². The van der Waals surface area contributed by atoms with Crippen molar-refractivity contribution in [2.75, 3.05) is 12.4 Å². The molecule has 1 heterocycles. The van der Waals surface area contributed by atoms with Gasteiger partial charge in [0.05, 0.1) is 0 Å². The molecule has 2 N–H and O–H groups in total. The van der Waals surface area contributed by atoms with Gasteiger partial charge in [0.25, 0.3) is 0 Å². The van der Waals surface area contributed by atoms with Gasteiger partial charge >= 0.3 is 11.7 Å². The molecule has 1 amide bonds. The van der Waals surface area contributed by atoms with Gasteiger partial charge in [-0.05, 0) is 40.0 Å². The van der Waals surface area contributed by atoms with E-state index in [2.05, 4.69) is 34.7 Å². The highest BCUT2D eigenvalue weighted by Crippen LogP contribution is 2.05. The van der Waals surface area contributed by atoms with E-state index in [0.717, 1.165) is 21.5 Å². The molecular weight excluding hydrogens is 284 g/mol. The van der Waals surface area contributed by atoms with Crippen LogP contribution in [0.15, 0.2) is 9.90 Å². The third-order valence-corrected chi connectivity index (χ3v) is 2.63. The maximum atomic E-state index is 12.4. The van der Waals surface area contributed by atoms with Crippen LogP contribution < -0.4 is 16.3 Å². The summed E-state index contributed by atoms with van der Waals surface area (Å²) in [6, 6.07) is -0.579. The van der Waals surface area contributed by atoms with Crippen LogP contribution in [0, 0.1) is 5.92 Å². The number of hydrogen-bond donors (Lipinski definition) is 2. The Bertz CT molecular complexity index is 618. The number of anilines is 1. The Morgan fingerprint density at radius 2 is 1.95 bits per heavy atom.